The summed E-state index contributed by atoms with van der Waals surface area (Å²) in [6.45, 7) is 0.0174. The van der Waals surface area contributed by atoms with Gasteiger partial charge < -0.3 is 9.84 Å². The molecule has 0 saturated heterocycles. The Morgan fingerprint density at radius 2 is 2.31 bits per heavy atom. The molecule has 0 aromatic heterocycles. The Kier molecular flexibility index (Phi) is 3.43. The first-order valence-corrected chi connectivity index (χ1v) is 5.59. The largest absolute Gasteiger partial charge is 0.489 e. The zero-order valence-electron chi connectivity index (χ0n) is 9.10. The van der Waals surface area contributed by atoms with E-state index in [9.17, 15) is 0 Å². The predicted octanol–water partition coefficient (Wildman–Crippen LogP) is 2.25. The second-order valence-electron chi connectivity index (χ2n) is 4.13. The minimum atomic E-state index is 0.0118. The molecule has 1 aliphatic carbocycles. The minimum Gasteiger partial charge on any atom is -0.489 e. The van der Waals surface area contributed by atoms with Gasteiger partial charge in [0.15, 0.2) is 0 Å². The normalized spacial score (nSPS) is 24.0. The van der Waals surface area contributed by atoms with Crippen LogP contribution in [-0.2, 0) is 6.61 Å². The van der Waals surface area contributed by atoms with Crippen molar-refractivity contribution >= 4 is 0 Å². The molecule has 1 N–H and O–H groups in total. The summed E-state index contributed by atoms with van der Waals surface area (Å²) in [5.41, 5.74) is 0.837. The van der Waals surface area contributed by atoms with Gasteiger partial charge in [0.05, 0.1) is 18.6 Å². The lowest BCUT2D eigenvalue weighted by Gasteiger charge is -2.16. The quantitative estimate of drug-likeness (QED) is 0.844. The number of aliphatic hydroxyl groups excluding tert-OH is 1. The van der Waals surface area contributed by atoms with Crippen molar-refractivity contribution in [3.05, 3.63) is 29.8 Å². The summed E-state index contributed by atoms with van der Waals surface area (Å²) in [5.74, 6) is 0.761. The van der Waals surface area contributed by atoms with Gasteiger partial charge in [-0.25, -0.2) is 0 Å². The highest BCUT2D eigenvalue weighted by Crippen LogP contribution is 2.29. The van der Waals surface area contributed by atoms with E-state index in [2.05, 4.69) is 6.07 Å². The van der Waals surface area contributed by atoms with Crippen molar-refractivity contribution in [2.45, 2.75) is 32.0 Å². The third-order valence-electron chi connectivity index (χ3n) is 2.99. The van der Waals surface area contributed by atoms with Gasteiger partial charge in [0.2, 0.25) is 0 Å². The second-order valence-corrected chi connectivity index (χ2v) is 4.13. The van der Waals surface area contributed by atoms with Crippen molar-refractivity contribution in [2.24, 2.45) is 5.92 Å². The van der Waals surface area contributed by atoms with Gasteiger partial charge in [0.25, 0.3) is 0 Å². The Morgan fingerprint density at radius 1 is 1.44 bits per heavy atom. The number of ether oxygens (including phenoxy) is 1. The van der Waals surface area contributed by atoms with E-state index in [1.54, 1.807) is 0 Å². The summed E-state index contributed by atoms with van der Waals surface area (Å²) in [6, 6.07) is 9.69. The summed E-state index contributed by atoms with van der Waals surface area (Å²) in [7, 11) is 0. The molecule has 16 heavy (non-hydrogen) atoms. The molecule has 1 aliphatic rings. The van der Waals surface area contributed by atoms with Gasteiger partial charge in [-0.2, -0.15) is 5.26 Å². The van der Waals surface area contributed by atoms with E-state index in [0.717, 1.165) is 30.6 Å². The van der Waals surface area contributed by atoms with E-state index in [4.69, 9.17) is 15.1 Å². The Hall–Kier alpha value is -1.53. The molecule has 0 spiro atoms. The number of nitrogens with zero attached hydrogens (tertiary/aromatic N) is 1. The fraction of sp³-hybridized carbons (Fsp3) is 0.462. The molecule has 1 aromatic rings. The molecule has 0 amide bonds. The monoisotopic (exact) mass is 217 g/mol. The Bertz CT molecular complexity index is 397. The van der Waals surface area contributed by atoms with E-state index in [1.165, 1.54) is 0 Å². The third-order valence-corrected chi connectivity index (χ3v) is 2.99. The predicted molar refractivity (Wildman–Crippen MR) is 59.7 cm³/mol. The summed E-state index contributed by atoms with van der Waals surface area (Å²) >= 11 is 0. The Labute approximate surface area is 95.3 Å². The topological polar surface area (TPSA) is 53.2 Å². The van der Waals surface area contributed by atoms with Crippen LogP contribution in [0, 0.1) is 17.2 Å². The van der Waals surface area contributed by atoms with Crippen molar-refractivity contribution in [2.75, 3.05) is 0 Å². The number of hydrogen-bond donors (Lipinski definition) is 1. The van der Waals surface area contributed by atoms with Crippen molar-refractivity contribution in [1.29, 1.82) is 5.26 Å². The molecule has 0 heterocycles. The first-order valence-electron chi connectivity index (χ1n) is 5.59. The fourth-order valence-electron chi connectivity index (χ4n) is 2.11. The number of rotatable bonds is 3. The lowest BCUT2D eigenvalue weighted by atomic mass is 10.1. The maximum absolute atomic E-state index is 9.01. The summed E-state index contributed by atoms with van der Waals surface area (Å²) < 4.78 is 5.79. The molecule has 1 saturated carbocycles. The van der Waals surface area contributed by atoms with Crippen molar-refractivity contribution in [3.63, 3.8) is 0 Å². The lowest BCUT2D eigenvalue weighted by Crippen LogP contribution is -2.20. The molecule has 0 radical (unpaired) electrons. The minimum absolute atomic E-state index is 0.0118. The maximum atomic E-state index is 9.01. The highest BCUT2D eigenvalue weighted by Gasteiger charge is 2.28. The number of hydrogen-bond acceptors (Lipinski definition) is 3. The molecule has 3 heteroatoms. The van der Waals surface area contributed by atoms with Gasteiger partial charge in [-0.1, -0.05) is 12.1 Å². The van der Waals surface area contributed by atoms with Crippen LogP contribution in [-0.4, -0.2) is 11.2 Å². The first-order chi connectivity index (χ1) is 7.83. The zero-order valence-corrected chi connectivity index (χ0v) is 9.10. The van der Waals surface area contributed by atoms with E-state index < -0.39 is 0 Å². The van der Waals surface area contributed by atoms with Crippen molar-refractivity contribution < 1.29 is 9.84 Å². The van der Waals surface area contributed by atoms with Crippen LogP contribution in [0.5, 0.6) is 5.75 Å². The van der Waals surface area contributed by atoms with Crippen LogP contribution in [0.4, 0.5) is 0 Å². The maximum Gasteiger partial charge on any atom is 0.120 e. The fourth-order valence-corrected chi connectivity index (χ4v) is 2.11. The smallest absolute Gasteiger partial charge is 0.120 e. The Balaban J connectivity index is 2.06. The van der Waals surface area contributed by atoms with Crippen molar-refractivity contribution in [3.8, 4) is 11.8 Å². The summed E-state index contributed by atoms with van der Waals surface area (Å²) in [4.78, 5) is 0. The van der Waals surface area contributed by atoms with Crippen LogP contribution in [0.15, 0.2) is 24.3 Å². The van der Waals surface area contributed by atoms with E-state index in [0.29, 0.717) is 0 Å². The third kappa shape index (κ3) is 2.34. The molecule has 2 unspecified atom stereocenters. The molecule has 1 aromatic carbocycles. The number of benzene rings is 1. The Morgan fingerprint density at radius 3 is 3.06 bits per heavy atom. The van der Waals surface area contributed by atoms with Crippen LogP contribution in [0.3, 0.4) is 0 Å². The second kappa shape index (κ2) is 5.00. The van der Waals surface area contributed by atoms with Gasteiger partial charge in [0.1, 0.15) is 11.9 Å². The zero-order chi connectivity index (χ0) is 11.4. The summed E-state index contributed by atoms with van der Waals surface area (Å²) in [5, 5.41) is 18.0. The summed E-state index contributed by atoms with van der Waals surface area (Å²) in [6.07, 6.45) is 2.95. The molecule has 1 fully saturated rings. The highest BCUT2D eigenvalue weighted by molar-refractivity contribution is 5.28. The SMILES string of the molecule is N#CC1CCCC1Oc1cccc(CO)c1. The molecule has 0 aliphatic heterocycles. The molecular formula is C13H15NO2. The standard InChI is InChI=1S/C13H15NO2/c14-8-11-4-2-6-13(11)16-12-5-1-3-10(7-12)9-15/h1,3,5,7,11,13,15H,2,4,6,9H2. The molecule has 2 atom stereocenters. The first kappa shape index (κ1) is 11.0. The lowest BCUT2D eigenvalue weighted by molar-refractivity contribution is 0.182. The molecular weight excluding hydrogens is 202 g/mol. The average Bonchev–Trinajstić information content (AvgIpc) is 2.76. The van der Waals surface area contributed by atoms with Crippen LogP contribution in [0.1, 0.15) is 24.8 Å². The van der Waals surface area contributed by atoms with E-state index >= 15 is 0 Å². The molecule has 84 valence electrons. The number of aliphatic hydroxyl groups is 1. The van der Waals surface area contributed by atoms with Crippen LogP contribution in [0.2, 0.25) is 0 Å². The van der Waals surface area contributed by atoms with Gasteiger partial charge in [-0.05, 0) is 37.0 Å². The molecule has 3 nitrogen and oxygen atoms in total. The van der Waals surface area contributed by atoms with Crippen LogP contribution >= 0.6 is 0 Å². The van der Waals surface area contributed by atoms with Gasteiger partial charge in [-0.15, -0.1) is 0 Å². The highest BCUT2D eigenvalue weighted by atomic mass is 16.5. The van der Waals surface area contributed by atoms with E-state index in [-0.39, 0.29) is 18.6 Å². The molecule has 2 rings (SSSR count). The van der Waals surface area contributed by atoms with Gasteiger partial charge >= 0.3 is 0 Å². The van der Waals surface area contributed by atoms with Crippen molar-refractivity contribution in [1.82, 2.24) is 0 Å². The molecule has 0 bridgehead atoms. The van der Waals surface area contributed by atoms with Crippen LogP contribution < -0.4 is 4.74 Å². The van der Waals surface area contributed by atoms with Crippen LogP contribution in [0.25, 0.3) is 0 Å². The van der Waals surface area contributed by atoms with Gasteiger partial charge in [-0.3, -0.25) is 0 Å². The number of nitriles is 1. The van der Waals surface area contributed by atoms with E-state index in [1.807, 2.05) is 24.3 Å². The van der Waals surface area contributed by atoms with Gasteiger partial charge in [0, 0.05) is 0 Å². The average molecular weight is 217 g/mol.